The van der Waals surface area contributed by atoms with Gasteiger partial charge in [-0.1, -0.05) is 48.5 Å². The molecule has 1 saturated heterocycles. The lowest BCUT2D eigenvalue weighted by Gasteiger charge is -2.26. The number of carbonyl (C=O) groups excluding carboxylic acids is 2. The highest BCUT2D eigenvalue weighted by atomic mass is 32.2. The Labute approximate surface area is 204 Å². The molecule has 10 heteroatoms. The van der Waals surface area contributed by atoms with Gasteiger partial charge in [0, 0.05) is 25.4 Å². The summed E-state index contributed by atoms with van der Waals surface area (Å²) in [5.41, 5.74) is 4.27. The predicted molar refractivity (Wildman–Crippen MR) is 129 cm³/mol. The van der Waals surface area contributed by atoms with Gasteiger partial charge in [0.2, 0.25) is 5.91 Å². The highest BCUT2D eigenvalue weighted by Crippen LogP contribution is 2.44. The fourth-order valence-corrected chi connectivity index (χ4v) is 5.96. The summed E-state index contributed by atoms with van der Waals surface area (Å²) in [6.07, 6.45) is -0.976. The first-order chi connectivity index (χ1) is 16.7. The van der Waals surface area contributed by atoms with E-state index in [2.05, 4.69) is 5.32 Å². The molecule has 0 saturated carbocycles. The largest absolute Gasteiger partial charge is 0.481 e. The molecule has 0 spiro atoms. The molecule has 2 aromatic rings. The Morgan fingerprint density at radius 3 is 2.26 bits per heavy atom. The molecule has 1 heterocycles. The molecule has 0 bridgehead atoms. The lowest BCUT2D eigenvalue weighted by Crippen LogP contribution is -2.49. The topological polar surface area (TPSA) is 130 Å². The highest BCUT2D eigenvalue weighted by molar-refractivity contribution is 7.91. The van der Waals surface area contributed by atoms with E-state index >= 15 is 0 Å². The molecule has 1 aliphatic carbocycles. The molecule has 35 heavy (non-hydrogen) atoms. The van der Waals surface area contributed by atoms with Gasteiger partial charge in [-0.25, -0.2) is 13.2 Å². The van der Waals surface area contributed by atoms with E-state index in [0.29, 0.717) is 6.42 Å². The summed E-state index contributed by atoms with van der Waals surface area (Å²) < 4.78 is 29.3. The fraction of sp³-hybridized carbons (Fsp3) is 0.400. The minimum Gasteiger partial charge on any atom is -0.481 e. The number of amides is 2. The standard InChI is InChI=1S/C25H28N2O7S/c28-23(29)11-10-22(24(30)27-12-5-14-35(32,33)15-13-27)26-25(31)34-16-21-19-8-3-1-6-17(19)18-7-2-4-9-20(18)21/h1-4,6-9,21-22H,5,10-16H2,(H,26,31)(H,28,29). The number of ether oxygens (including phenoxy) is 1. The molecule has 2 aliphatic rings. The normalized spacial score (nSPS) is 17.5. The minimum absolute atomic E-state index is 0.00359. The Kier molecular flexibility index (Phi) is 7.39. The molecule has 186 valence electrons. The van der Waals surface area contributed by atoms with Gasteiger partial charge in [-0.3, -0.25) is 9.59 Å². The number of carbonyl (C=O) groups is 3. The molecule has 1 unspecified atom stereocenters. The van der Waals surface area contributed by atoms with Crippen molar-refractivity contribution in [1.29, 1.82) is 0 Å². The minimum atomic E-state index is -3.23. The Hall–Kier alpha value is -3.40. The van der Waals surface area contributed by atoms with Crippen molar-refractivity contribution in [2.45, 2.75) is 31.2 Å². The molecular weight excluding hydrogens is 472 g/mol. The van der Waals surface area contributed by atoms with Crippen LogP contribution in [0.25, 0.3) is 11.1 Å². The second-order valence-corrected chi connectivity index (χ2v) is 11.1. The van der Waals surface area contributed by atoms with Crippen LogP contribution in [-0.2, 0) is 24.2 Å². The summed E-state index contributed by atoms with van der Waals surface area (Å²) in [4.78, 5) is 38.2. The molecule has 1 aliphatic heterocycles. The first-order valence-corrected chi connectivity index (χ1v) is 13.4. The van der Waals surface area contributed by atoms with Crippen LogP contribution in [0.3, 0.4) is 0 Å². The molecule has 0 aromatic heterocycles. The van der Waals surface area contributed by atoms with Crippen molar-refractivity contribution in [1.82, 2.24) is 10.2 Å². The number of rotatable bonds is 7. The Balaban J connectivity index is 1.43. The van der Waals surface area contributed by atoms with Gasteiger partial charge < -0.3 is 20.1 Å². The van der Waals surface area contributed by atoms with E-state index in [0.717, 1.165) is 22.3 Å². The number of carboxylic acids is 1. The van der Waals surface area contributed by atoms with Crippen LogP contribution in [0.5, 0.6) is 0 Å². The fourth-order valence-electron chi connectivity index (χ4n) is 4.69. The van der Waals surface area contributed by atoms with Crippen LogP contribution in [0.4, 0.5) is 4.79 Å². The maximum atomic E-state index is 13.1. The van der Waals surface area contributed by atoms with Crippen molar-refractivity contribution >= 4 is 27.8 Å². The van der Waals surface area contributed by atoms with Crippen molar-refractivity contribution in [3.8, 4) is 11.1 Å². The lowest BCUT2D eigenvalue weighted by atomic mass is 9.98. The summed E-state index contributed by atoms with van der Waals surface area (Å²) >= 11 is 0. The predicted octanol–water partition coefficient (Wildman–Crippen LogP) is 2.41. The van der Waals surface area contributed by atoms with E-state index < -0.39 is 33.8 Å². The molecule has 1 atom stereocenters. The molecule has 2 aromatic carbocycles. The van der Waals surface area contributed by atoms with Gasteiger partial charge in [-0.15, -0.1) is 0 Å². The van der Waals surface area contributed by atoms with E-state index in [-0.39, 0.29) is 50.0 Å². The third-order valence-electron chi connectivity index (χ3n) is 6.45. The molecule has 1 fully saturated rings. The second-order valence-electron chi connectivity index (χ2n) is 8.79. The summed E-state index contributed by atoms with van der Waals surface area (Å²) in [5, 5.41) is 11.6. The number of carboxylic acid groups (broad SMARTS) is 1. The highest BCUT2D eigenvalue weighted by Gasteiger charge is 2.32. The molecule has 9 nitrogen and oxygen atoms in total. The van der Waals surface area contributed by atoms with E-state index in [1.165, 1.54) is 4.90 Å². The number of hydrogen-bond donors (Lipinski definition) is 2. The van der Waals surface area contributed by atoms with Crippen molar-refractivity contribution in [2.24, 2.45) is 0 Å². The van der Waals surface area contributed by atoms with Crippen LogP contribution < -0.4 is 5.32 Å². The zero-order valence-corrected chi connectivity index (χ0v) is 20.0. The van der Waals surface area contributed by atoms with E-state index in [1.54, 1.807) is 0 Å². The van der Waals surface area contributed by atoms with Gasteiger partial charge in [-0.2, -0.15) is 0 Å². The van der Waals surface area contributed by atoms with Crippen LogP contribution in [0.15, 0.2) is 48.5 Å². The zero-order chi connectivity index (χ0) is 25.0. The average Bonchev–Trinajstić information content (AvgIpc) is 3.03. The van der Waals surface area contributed by atoms with Crippen molar-refractivity contribution in [3.05, 3.63) is 59.7 Å². The number of nitrogens with zero attached hydrogens (tertiary/aromatic N) is 1. The Morgan fingerprint density at radius 2 is 1.63 bits per heavy atom. The van der Waals surface area contributed by atoms with Gasteiger partial charge >= 0.3 is 12.1 Å². The van der Waals surface area contributed by atoms with E-state index in [1.807, 2.05) is 48.5 Å². The van der Waals surface area contributed by atoms with E-state index in [9.17, 15) is 22.8 Å². The second kappa shape index (κ2) is 10.5. The number of aliphatic carboxylic acids is 1. The van der Waals surface area contributed by atoms with Crippen LogP contribution in [-0.4, -0.2) is 73.6 Å². The van der Waals surface area contributed by atoms with Crippen LogP contribution >= 0.6 is 0 Å². The van der Waals surface area contributed by atoms with Gasteiger partial charge in [0.1, 0.15) is 12.6 Å². The maximum absolute atomic E-state index is 13.1. The van der Waals surface area contributed by atoms with Crippen molar-refractivity contribution < 1.29 is 32.6 Å². The van der Waals surface area contributed by atoms with E-state index in [4.69, 9.17) is 9.84 Å². The summed E-state index contributed by atoms with van der Waals surface area (Å²) in [6.45, 7) is 0.298. The SMILES string of the molecule is O=C(O)CCC(NC(=O)OCC1c2ccccc2-c2ccccc21)C(=O)N1CCCS(=O)(=O)CC1. The summed E-state index contributed by atoms with van der Waals surface area (Å²) in [5.74, 6) is -1.92. The molecule has 4 rings (SSSR count). The first kappa shape index (κ1) is 24.7. The number of sulfone groups is 1. The average molecular weight is 501 g/mol. The molecule has 0 radical (unpaired) electrons. The lowest BCUT2D eigenvalue weighted by molar-refractivity contribution is -0.138. The van der Waals surface area contributed by atoms with Crippen LogP contribution in [0, 0.1) is 0 Å². The number of fused-ring (bicyclic) bond motifs is 3. The third kappa shape index (κ3) is 5.82. The third-order valence-corrected chi connectivity index (χ3v) is 8.16. The Morgan fingerprint density at radius 1 is 1.00 bits per heavy atom. The first-order valence-electron chi connectivity index (χ1n) is 11.6. The monoisotopic (exact) mass is 500 g/mol. The number of alkyl carbamates (subject to hydrolysis) is 1. The number of hydrogen-bond acceptors (Lipinski definition) is 6. The number of nitrogens with one attached hydrogen (secondary N) is 1. The van der Waals surface area contributed by atoms with Crippen molar-refractivity contribution in [2.75, 3.05) is 31.2 Å². The van der Waals surface area contributed by atoms with Gasteiger partial charge in [0.15, 0.2) is 9.84 Å². The van der Waals surface area contributed by atoms with Gasteiger partial charge in [0.25, 0.3) is 0 Å². The molecule has 2 amide bonds. The maximum Gasteiger partial charge on any atom is 0.407 e. The zero-order valence-electron chi connectivity index (χ0n) is 19.2. The quantitative estimate of drug-likeness (QED) is 0.597. The summed E-state index contributed by atoms with van der Waals surface area (Å²) in [7, 11) is -3.23. The van der Waals surface area contributed by atoms with Gasteiger partial charge in [0.05, 0.1) is 11.5 Å². The van der Waals surface area contributed by atoms with Crippen LogP contribution in [0.1, 0.15) is 36.3 Å². The smallest absolute Gasteiger partial charge is 0.407 e. The van der Waals surface area contributed by atoms with Crippen LogP contribution in [0.2, 0.25) is 0 Å². The van der Waals surface area contributed by atoms with Gasteiger partial charge in [-0.05, 0) is 35.1 Å². The summed E-state index contributed by atoms with van der Waals surface area (Å²) in [6, 6.07) is 14.7. The Bertz CT molecular complexity index is 1180. The van der Waals surface area contributed by atoms with Crippen molar-refractivity contribution in [3.63, 3.8) is 0 Å². The number of benzene rings is 2. The molecular formula is C25H28N2O7S. The molecule has 2 N–H and O–H groups in total.